The fourth-order valence-corrected chi connectivity index (χ4v) is 3.45. The number of nitrogens with one attached hydrogen (secondary N) is 2. The quantitative estimate of drug-likeness (QED) is 0.575. The lowest BCUT2D eigenvalue weighted by atomic mass is 10.2. The maximum absolute atomic E-state index is 12.1. The van der Waals surface area contributed by atoms with E-state index in [2.05, 4.69) is 20.2 Å². The van der Waals surface area contributed by atoms with Crippen LogP contribution in [0.5, 0.6) is 5.75 Å². The smallest absolute Gasteiger partial charge is 0.291 e. The average Bonchev–Trinajstić information content (AvgIpc) is 2.82. The van der Waals surface area contributed by atoms with Gasteiger partial charge >= 0.3 is 0 Å². The van der Waals surface area contributed by atoms with E-state index in [9.17, 15) is 18.3 Å². The number of carbonyl (C=O) groups is 1. The van der Waals surface area contributed by atoms with Gasteiger partial charge in [-0.1, -0.05) is 17.4 Å². The number of phenolic OH excluding ortho intramolecular Hbond substituents is 1. The van der Waals surface area contributed by atoms with E-state index in [1.807, 2.05) is 0 Å². The molecule has 10 heteroatoms. The molecule has 2 rings (SSSR count). The van der Waals surface area contributed by atoms with Gasteiger partial charge in [0.25, 0.3) is 14.4 Å². The summed E-state index contributed by atoms with van der Waals surface area (Å²) < 4.78 is 26.2. The molecule has 1 heterocycles. The van der Waals surface area contributed by atoms with Crippen molar-refractivity contribution in [2.24, 2.45) is 0 Å². The Morgan fingerprint density at radius 3 is 2.71 bits per heavy atom. The van der Waals surface area contributed by atoms with Gasteiger partial charge in [0.05, 0.1) is 5.69 Å². The summed E-state index contributed by atoms with van der Waals surface area (Å²) in [6.45, 7) is 3.04. The molecule has 0 aliphatic carbocycles. The highest BCUT2D eigenvalue weighted by Gasteiger charge is 2.22. The molecule has 0 spiro atoms. The second-order valence-corrected chi connectivity index (χ2v) is 7.01. The molecular weight excluding hydrogens is 316 g/mol. The Bertz CT molecular complexity index is 785. The van der Waals surface area contributed by atoms with Crippen molar-refractivity contribution >= 4 is 38.1 Å². The lowest BCUT2D eigenvalue weighted by Crippen LogP contribution is -2.13. The van der Waals surface area contributed by atoms with E-state index >= 15 is 0 Å². The first-order valence-corrected chi connectivity index (χ1v) is 8.01. The second kappa shape index (κ2) is 5.66. The van der Waals surface area contributed by atoms with Crippen molar-refractivity contribution in [3.05, 3.63) is 23.8 Å². The molecule has 8 nitrogen and oxygen atoms in total. The van der Waals surface area contributed by atoms with Gasteiger partial charge in [-0.2, -0.15) is 8.42 Å². The van der Waals surface area contributed by atoms with Gasteiger partial charge in [-0.3, -0.25) is 9.52 Å². The number of sulfonamides is 1. The molecule has 1 aromatic heterocycles. The van der Waals surface area contributed by atoms with Crippen molar-refractivity contribution in [3.8, 4) is 5.75 Å². The van der Waals surface area contributed by atoms with Gasteiger partial charge in [0.2, 0.25) is 11.0 Å². The summed E-state index contributed by atoms with van der Waals surface area (Å²) in [6.07, 6.45) is 0. The minimum absolute atomic E-state index is 0.0475. The highest BCUT2D eigenvalue weighted by atomic mass is 32.2. The van der Waals surface area contributed by atoms with E-state index in [-0.39, 0.29) is 26.8 Å². The van der Waals surface area contributed by atoms with Crippen LogP contribution < -0.4 is 10.0 Å². The van der Waals surface area contributed by atoms with Crippen LogP contribution >= 0.6 is 11.3 Å². The zero-order valence-electron chi connectivity index (χ0n) is 11.1. The van der Waals surface area contributed by atoms with Crippen molar-refractivity contribution in [3.63, 3.8) is 0 Å². The first-order valence-electron chi connectivity index (χ1n) is 5.71. The molecular formula is C11H12N4O4S2. The predicted octanol–water partition coefficient (Wildman–Crippen LogP) is 1.31. The number of carbonyl (C=O) groups excluding carboxylic acids is 1. The highest BCUT2D eigenvalue weighted by Crippen LogP contribution is 2.28. The van der Waals surface area contributed by atoms with Gasteiger partial charge < -0.3 is 10.4 Å². The minimum Gasteiger partial charge on any atom is -0.506 e. The lowest BCUT2D eigenvalue weighted by Gasteiger charge is -2.07. The third kappa shape index (κ3) is 3.67. The van der Waals surface area contributed by atoms with Crippen LogP contribution in [0.3, 0.4) is 0 Å². The second-order valence-electron chi connectivity index (χ2n) is 4.18. The van der Waals surface area contributed by atoms with Gasteiger partial charge in [0.15, 0.2) is 0 Å². The van der Waals surface area contributed by atoms with E-state index in [1.165, 1.54) is 19.1 Å². The molecule has 0 aliphatic rings. The highest BCUT2D eigenvalue weighted by molar-refractivity contribution is 7.94. The summed E-state index contributed by atoms with van der Waals surface area (Å²) in [4.78, 5) is 10.9. The Morgan fingerprint density at radius 2 is 2.05 bits per heavy atom. The number of aromatic hydroxyl groups is 1. The number of hydrogen-bond donors (Lipinski definition) is 3. The van der Waals surface area contributed by atoms with Gasteiger partial charge in [0.1, 0.15) is 5.75 Å². The van der Waals surface area contributed by atoms with Crippen LogP contribution in [0.2, 0.25) is 0 Å². The van der Waals surface area contributed by atoms with Crippen LogP contribution in [0.4, 0.5) is 10.8 Å². The molecule has 0 atom stereocenters. The van der Waals surface area contributed by atoms with Crippen LogP contribution in [0, 0.1) is 6.92 Å². The molecule has 21 heavy (non-hydrogen) atoms. The summed E-state index contributed by atoms with van der Waals surface area (Å²) in [5.74, 6) is -0.574. The Morgan fingerprint density at radius 1 is 1.33 bits per heavy atom. The van der Waals surface area contributed by atoms with Crippen molar-refractivity contribution in [1.29, 1.82) is 0 Å². The molecule has 3 N–H and O–H groups in total. The van der Waals surface area contributed by atoms with Crippen molar-refractivity contribution in [2.75, 3.05) is 10.0 Å². The van der Waals surface area contributed by atoms with Crippen LogP contribution in [0.1, 0.15) is 12.5 Å². The van der Waals surface area contributed by atoms with Crippen LogP contribution in [-0.2, 0) is 14.8 Å². The summed E-state index contributed by atoms with van der Waals surface area (Å²) in [5, 5.41) is 19.1. The maximum atomic E-state index is 12.1. The number of rotatable bonds is 4. The molecule has 112 valence electrons. The number of aryl methyl sites for hydroxylation is 1. The SMILES string of the molecule is CC(=O)Nc1nnc(S(=O)(=O)Nc2cc(C)ccc2O)s1. The predicted molar refractivity (Wildman–Crippen MR) is 77.9 cm³/mol. The molecule has 0 radical (unpaired) electrons. The van der Waals surface area contributed by atoms with Gasteiger partial charge in [-0.05, 0) is 24.6 Å². The standard InChI is InChI=1S/C11H12N4O4S2/c1-6-3-4-9(17)8(5-6)15-21(18,19)11-14-13-10(20-11)12-7(2)16/h3-5,15,17H,1-2H3,(H,12,13,16). The molecule has 1 aromatic carbocycles. The minimum atomic E-state index is -3.98. The molecule has 0 bridgehead atoms. The van der Waals surface area contributed by atoms with Crippen LogP contribution in [-0.4, -0.2) is 29.6 Å². The largest absolute Gasteiger partial charge is 0.506 e. The topological polar surface area (TPSA) is 121 Å². The molecule has 0 fully saturated rings. The van der Waals surface area contributed by atoms with Crippen molar-refractivity contribution in [1.82, 2.24) is 10.2 Å². The van der Waals surface area contributed by atoms with Gasteiger partial charge in [-0.15, -0.1) is 10.2 Å². The molecule has 0 saturated heterocycles. The van der Waals surface area contributed by atoms with Crippen molar-refractivity contribution in [2.45, 2.75) is 18.2 Å². The Labute approximate surface area is 124 Å². The number of aromatic nitrogens is 2. The Hall–Kier alpha value is -2.20. The number of anilines is 2. The zero-order valence-corrected chi connectivity index (χ0v) is 12.7. The van der Waals surface area contributed by atoms with Gasteiger partial charge in [0, 0.05) is 6.92 Å². The third-order valence-electron chi connectivity index (χ3n) is 2.32. The number of amides is 1. The zero-order chi connectivity index (χ0) is 15.6. The van der Waals surface area contributed by atoms with E-state index in [0.717, 1.165) is 5.56 Å². The maximum Gasteiger partial charge on any atom is 0.291 e. The summed E-state index contributed by atoms with van der Waals surface area (Å²) >= 11 is 0.711. The van der Waals surface area contributed by atoms with Crippen LogP contribution in [0.25, 0.3) is 0 Å². The Balaban J connectivity index is 2.28. The summed E-state index contributed by atoms with van der Waals surface area (Å²) in [5.41, 5.74) is 0.827. The fourth-order valence-electron chi connectivity index (χ4n) is 1.44. The lowest BCUT2D eigenvalue weighted by molar-refractivity contribution is -0.114. The van der Waals surface area contributed by atoms with E-state index in [1.54, 1.807) is 13.0 Å². The first-order chi connectivity index (χ1) is 9.78. The molecule has 1 amide bonds. The molecule has 0 aliphatic heterocycles. The number of phenols is 1. The van der Waals surface area contributed by atoms with E-state index in [4.69, 9.17) is 0 Å². The fraction of sp³-hybridized carbons (Fsp3) is 0.182. The number of nitrogens with zero attached hydrogens (tertiary/aromatic N) is 2. The molecule has 2 aromatic rings. The average molecular weight is 328 g/mol. The number of benzene rings is 1. The van der Waals surface area contributed by atoms with E-state index in [0.29, 0.717) is 11.3 Å². The molecule has 0 unspecified atom stereocenters. The first kappa shape index (κ1) is 15.2. The summed E-state index contributed by atoms with van der Waals surface area (Å²) in [6, 6.07) is 4.52. The van der Waals surface area contributed by atoms with Crippen molar-refractivity contribution < 1.29 is 18.3 Å². The monoisotopic (exact) mass is 328 g/mol. The van der Waals surface area contributed by atoms with Gasteiger partial charge in [-0.25, -0.2) is 0 Å². The Kier molecular flexibility index (Phi) is 4.09. The normalized spacial score (nSPS) is 11.1. The number of hydrogen-bond acceptors (Lipinski definition) is 7. The van der Waals surface area contributed by atoms with Crippen LogP contribution in [0.15, 0.2) is 22.5 Å². The summed E-state index contributed by atoms with van der Waals surface area (Å²) in [7, 11) is -3.98. The molecule has 0 saturated carbocycles. The van der Waals surface area contributed by atoms with E-state index < -0.39 is 10.0 Å². The third-order valence-corrected chi connectivity index (χ3v) is 4.89.